The number of rotatable bonds is 4. The zero-order chi connectivity index (χ0) is 13.1. The van der Waals surface area contributed by atoms with Gasteiger partial charge in [0.15, 0.2) is 0 Å². The second-order valence-electron chi connectivity index (χ2n) is 4.86. The van der Waals surface area contributed by atoms with Gasteiger partial charge in [0, 0.05) is 6.20 Å². The number of aliphatic hydroxyl groups is 1. The van der Waals surface area contributed by atoms with E-state index >= 15 is 0 Å². The molecule has 1 aromatic heterocycles. The molecule has 0 aliphatic rings. The minimum absolute atomic E-state index is 0.372. The van der Waals surface area contributed by atoms with E-state index < -0.39 is 0 Å². The van der Waals surface area contributed by atoms with E-state index in [1.165, 1.54) is 0 Å². The number of hydrogen-bond donors (Lipinski definition) is 1. The second kappa shape index (κ2) is 5.36. The van der Waals surface area contributed by atoms with Crippen LogP contribution < -0.4 is 0 Å². The van der Waals surface area contributed by atoms with Gasteiger partial charge < -0.3 is 5.11 Å². The average molecular weight is 244 g/mol. The zero-order valence-corrected chi connectivity index (χ0v) is 11.2. The molecule has 18 heavy (non-hydrogen) atoms. The lowest BCUT2D eigenvalue weighted by Gasteiger charge is -2.09. The first kappa shape index (κ1) is 12.8. The SMILES string of the molecule is CC[C@H](O)c1ccc(-n2ccc(C(C)C)n2)cc1. The van der Waals surface area contributed by atoms with Crippen LogP contribution in [0.15, 0.2) is 36.5 Å². The van der Waals surface area contributed by atoms with E-state index in [4.69, 9.17) is 0 Å². The lowest BCUT2D eigenvalue weighted by molar-refractivity contribution is 0.173. The van der Waals surface area contributed by atoms with E-state index in [0.29, 0.717) is 5.92 Å². The molecule has 1 aromatic carbocycles. The van der Waals surface area contributed by atoms with E-state index in [1.807, 2.05) is 48.1 Å². The van der Waals surface area contributed by atoms with Crippen molar-refractivity contribution < 1.29 is 5.11 Å². The number of hydrogen-bond acceptors (Lipinski definition) is 2. The summed E-state index contributed by atoms with van der Waals surface area (Å²) in [6.45, 7) is 6.24. The summed E-state index contributed by atoms with van der Waals surface area (Å²) in [5.74, 6) is 0.437. The number of nitrogens with zero attached hydrogens (tertiary/aromatic N) is 2. The summed E-state index contributed by atoms with van der Waals surface area (Å²) >= 11 is 0. The van der Waals surface area contributed by atoms with Crippen molar-refractivity contribution in [2.45, 2.75) is 39.2 Å². The molecule has 0 fully saturated rings. The first-order chi connectivity index (χ1) is 8.61. The highest BCUT2D eigenvalue weighted by Gasteiger charge is 2.07. The molecular formula is C15H20N2O. The Morgan fingerprint density at radius 2 is 1.83 bits per heavy atom. The maximum absolute atomic E-state index is 9.75. The minimum atomic E-state index is -0.372. The van der Waals surface area contributed by atoms with Crippen molar-refractivity contribution in [3.63, 3.8) is 0 Å². The van der Waals surface area contributed by atoms with Gasteiger partial charge in [0.25, 0.3) is 0 Å². The Balaban J connectivity index is 2.23. The number of aliphatic hydroxyl groups excluding tert-OH is 1. The molecule has 0 radical (unpaired) electrons. The van der Waals surface area contributed by atoms with Gasteiger partial charge in [0.1, 0.15) is 0 Å². The van der Waals surface area contributed by atoms with Crippen LogP contribution in [-0.2, 0) is 0 Å². The molecule has 1 N–H and O–H groups in total. The Morgan fingerprint density at radius 3 is 2.33 bits per heavy atom. The van der Waals surface area contributed by atoms with Crippen LogP contribution in [0.3, 0.4) is 0 Å². The molecule has 3 nitrogen and oxygen atoms in total. The molecule has 0 amide bonds. The Morgan fingerprint density at radius 1 is 1.17 bits per heavy atom. The van der Waals surface area contributed by atoms with E-state index in [9.17, 15) is 5.11 Å². The van der Waals surface area contributed by atoms with Crippen LogP contribution in [-0.4, -0.2) is 14.9 Å². The van der Waals surface area contributed by atoms with Crippen molar-refractivity contribution in [1.82, 2.24) is 9.78 Å². The third kappa shape index (κ3) is 2.62. The highest BCUT2D eigenvalue weighted by Crippen LogP contribution is 2.19. The third-order valence-electron chi connectivity index (χ3n) is 3.13. The largest absolute Gasteiger partial charge is 0.388 e. The molecule has 1 heterocycles. The molecule has 0 saturated carbocycles. The van der Waals surface area contributed by atoms with Crippen molar-refractivity contribution in [3.05, 3.63) is 47.8 Å². The summed E-state index contributed by atoms with van der Waals surface area (Å²) in [6, 6.07) is 9.94. The highest BCUT2D eigenvalue weighted by molar-refractivity contribution is 5.35. The van der Waals surface area contributed by atoms with Crippen LogP contribution in [0.4, 0.5) is 0 Å². The quantitative estimate of drug-likeness (QED) is 0.894. The Labute approximate surface area is 108 Å². The smallest absolute Gasteiger partial charge is 0.0787 e. The first-order valence-corrected chi connectivity index (χ1v) is 6.45. The molecular weight excluding hydrogens is 224 g/mol. The topological polar surface area (TPSA) is 38.0 Å². The monoisotopic (exact) mass is 244 g/mol. The minimum Gasteiger partial charge on any atom is -0.388 e. The van der Waals surface area contributed by atoms with E-state index in [-0.39, 0.29) is 6.10 Å². The van der Waals surface area contributed by atoms with Gasteiger partial charge in [0.05, 0.1) is 17.5 Å². The molecule has 0 unspecified atom stereocenters. The van der Waals surface area contributed by atoms with Crippen molar-refractivity contribution in [1.29, 1.82) is 0 Å². The number of benzene rings is 1. The highest BCUT2D eigenvalue weighted by atomic mass is 16.3. The van der Waals surface area contributed by atoms with Gasteiger partial charge in [-0.2, -0.15) is 5.10 Å². The average Bonchev–Trinajstić information content (AvgIpc) is 2.88. The summed E-state index contributed by atoms with van der Waals surface area (Å²) in [5, 5.41) is 14.3. The Bertz CT molecular complexity index is 499. The molecule has 3 heteroatoms. The first-order valence-electron chi connectivity index (χ1n) is 6.45. The fourth-order valence-electron chi connectivity index (χ4n) is 1.87. The van der Waals surface area contributed by atoms with Gasteiger partial charge in [-0.3, -0.25) is 0 Å². The van der Waals surface area contributed by atoms with Crippen LogP contribution in [0.5, 0.6) is 0 Å². The van der Waals surface area contributed by atoms with Gasteiger partial charge in [-0.25, -0.2) is 4.68 Å². The fourth-order valence-corrected chi connectivity index (χ4v) is 1.87. The van der Waals surface area contributed by atoms with Crippen LogP contribution >= 0.6 is 0 Å². The number of aromatic nitrogens is 2. The lowest BCUT2D eigenvalue weighted by atomic mass is 10.1. The summed E-state index contributed by atoms with van der Waals surface area (Å²) in [6.07, 6.45) is 2.34. The van der Waals surface area contributed by atoms with Gasteiger partial charge in [-0.1, -0.05) is 32.9 Å². The predicted molar refractivity (Wildman–Crippen MR) is 72.9 cm³/mol. The molecule has 2 aromatic rings. The summed E-state index contributed by atoms with van der Waals surface area (Å²) < 4.78 is 1.87. The summed E-state index contributed by atoms with van der Waals surface area (Å²) in [7, 11) is 0. The Hall–Kier alpha value is -1.61. The molecule has 0 aliphatic carbocycles. The molecule has 0 saturated heterocycles. The zero-order valence-electron chi connectivity index (χ0n) is 11.2. The maximum atomic E-state index is 9.75. The predicted octanol–water partition coefficient (Wildman–Crippen LogP) is 3.44. The van der Waals surface area contributed by atoms with E-state index in [1.54, 1.807) is 0 Å². The molecule has 2 rings (SSSR count). The van der Waals surface area contributed by atoms with Gasteiger partial charge in [0.2, 0.25) is 0 Å². The van der Waals surface area contributed by atoms with Crippen LogP contribution in [0, 0.1) is 0 Å². The van der Waals surface area contributed by atoms with Gasteiger partial charge >= 0.3 is 0 Å². The van der Waals surface area contributed by atoms with E-state index in [0.717, 1.165) is 23.4 Å². The standard InChI is InChI=1S/C15H20N2O/c1-4-15(18)12-5-7-13(8-6-12)17-10-9-14(16-17)11(2)3/h5-11,15,18H,4H2,1-3H3/t15-/m0/s1. The van der Waals surface area contributed by atoms with Crippen LogP contribution in [0.1, 0.15) is 50.5 Å². The summed E-state index contributed by atoms with van der Waals surface area (Å²) in [5.41, 5.74) is 3.07. The van der Waals surface area contributed by atoms with Gasteiger partial charge in [-0.05, 0) is 36.1 Å². The maximum Gasteiger partial charge on any atom is 0.0787 e. The molecule has 0 bridgehead atoms. The molecule has 96 valence electrons. The molecule has 1 atom stereocenters. The fraction of sp³-hybridized carbons (Fsp3) is 0.400. The van der Waals surface area contributed by atoms with Crippen LogP contribution in [0.2, 0.25) is 0 Å². The van der Waals surface area contributed by atoms with Gasteiger partial charge in [-0.15, -0.1) is 0 Å². The van der Waals surface area contributed by atoms with E-state index in [2.05, 4.69) is 18.9 Å². The molecule has 0 spiro atoms. The normalized spacial score (nSPS) is 12.9. The third-order valence-corrected chi connectivity index (χ3v) is 3.13. The van der Waals surface area contributed by atoms with Crippen molar-refractivity contribution in [2.24, 2.45) is 0 Å². The molecule has 0 aliphatic heterocycles. The lowest BCUT2D eigenvalue weighted by Crippen LogP contribution is -1.99. The second-order valence-corrected chi connectivity index (χ2v) is 4.86. The summed E-state index contributed by atoms with van der Waals surface area (Å²) in [4.78, 5) is 0. The van der Waals surface area contributed by atoms with Crippen LogP contribution in [0.25, 0.3) is 5.69 Å². The Kier molecular flexibility index (Phi) is 3.82. The van der Waals surface area contributed by atoms with Crippen molar-refractivity contribution in [2.75, 3.05) is 0 Å². The van der Waals surface area contributed by atoms with Crippen molar-refractivity contribution in [3.8, 4) is 5.69 Å². The van der Waals surface area contributed by atoms with Crippen molar-refractivity contribution >= 4 is 0 Å².